The average molecular weight is 427 g/mol. The van der Waals surface area contributed by atoms with Gasteiger partial charge in [0, 0.05) is 21.0 Å². The van der Waals surface area contributed by atoms with Gasteiger partial charge in [-0.05, 0) is 53.0 Å². The van der Waals surface area contributed by atoms with Gasteiger partial charge in [-0.2, -0.15) is 9.28 Å². The first-order valence-corrected chi connectivity index (χ1v) is 12.0. The molecule has 1 aliphatic carbocycles. The fraction of sp³-hybridized carbons (Fsp3) is 0.727. The van der Waals surface area contributed by atoms with Crippen molar-refractivity contribution in [3.63, 3.8) is 0 Å². The SMILES string of the molecule is CCOC(=O)CC1=CC=C([C@@H](C)[N+](C[SiH3])(C(=O)OC(C)(C)C)C(C)(C)OC)CC1. The molecular formula is C22H40NO5Si+. The normalized spacial score (nSPS) is 18.3. The van der Waals surface area contributed by atoms with Gasteiger partial charge in [0.15, 0.2) is 0 Å². The van der Waals surface area contributed by atoms with Crippen molar-refractivity contribution in [2.75, 3.05) is 19.9 Å². The fourth-order valence-corrected chi connectivity index (χ4v) is 5.57. The highest BCUT2D eigenvalue weighted by atomic mass is 28.1. The molecule has 0 fully saturated rings. The van der Waals surface area contributed by atoms with Crippen molar-refractivity contribution in [3.05, 3.63) is 23.3 Å². The maximum absolute atomic E-state index is 13.5. The Morgan fingerprint density at radius 2 is 1.79 bits per heavy atom. The number of allylic oxidation sites excluding steroid dienone is 2. The van der Waals surface area contributed by atoms with Crippen molar-refractivity contribution in [2.45, 2.75) is 85.1 Å². The zero-order valence-electron chi connectivity index (χ0n) is 19.8. The van der Waals surface area contributed by atoms with Gasteiger partial charge in [0.2, 0.25) is 5.72 Å². The van der Waals surface area contributed by atoms with E-state index in [9.17, 15) is 9.59 Å². The van der Waals surface area contributed by atoms with Crippen LogP contribution in [0.15, 0.2) is 23.3 Å². The molecule has 1 amide bonds. The van der Waals surface area contributed by atoms with E-state index in [4.69, 9.17) is 14.2 Å². The van der Waals surface area contributed by atoms with Crippen molar-refractivity contribution in [2.24, 2.45) is 0 Å². The highest BCUT2D eigenvalue weighted by molar-refractivity contribution is 6.08. The summed E-state index contributed by atoms with van der Waals surface area (Å²) in [4.78, 5) is 25.2. The molecule has 0 aromatic heterocycles. The van der Waals surface area contributed by atoms with Crippen LogP contribution in [-0.2, 0) is 19.0 Å². The number of nitrogens with zero attached hydrogens (tertiary/aromatic N) is 1. The minimum Gasteiger partial charge on any atom is -0.466 e. The van der Waals surface area contributed by atoms with Gasteiger partial charge in [0.05, 0.1) is 29.4 Å². The number of carbonyl (C=O) groups is 2. The van der Waals surface area contributed by atoms with Crippen molar-refractivity contribution in [1.29, 1.82) is 0 Å². The highest BCUT2D eigenvalue weighted by Crippen LogP contribution is 2.37. The third-order valence-corrected chi connectivity index (χ3v) is 6.82. The summed E-state index contributed by atoms with van der Waals surface area (Å²) in [5, 5.41) is 0. The summed E-state index contributed by atoms with van der Waals surface area (Å²) in [6.07, 6.45) is 6.39. The molecule has 0 saturated heterocycles. The molecule has 0 bridgehead atoms. The van der Waals surface area contributed by atoms with Crippen molar-refractivity contribution >= 4 is 22.3 Å². The minimum absolute atomic E-state index is 0.0971. The quantitative estimate of drug-likeness (QED) is 0.258. The van der Waals surface area contributed by atoms with E-state index in [2.05, 4.69) is 13.0 Å². The molecule has 7 heteroatoms. The lowest BCUT2D eigenvalue weighted by molar-refractivity contribution is -0.938. The van der Waals surface area contributed by atoms with Gasteiger partial charge in [0.1, 0.15) is 11.6 Å². The second kappa shape index (κ2) is 10.0. The molecule has 0 spiro atoms. The lowest BCUT2D eigenvalue weighted by Crippen LogP contribution is -2.71. The van der Waals surface area contributed by atoms with Crippen LogP contribution < -0.4 is 0 Å². The zero-order chi connectivity index (χ0) is 22.5. The summed E-state index contributed by atoms with van der Waals surface area (Å²) in [7, 11) is 2.47. The predicted molar refractivity (Wildman–Crippen MR) is 119 cm³/mol. The molecule has 2 atom stereocenters. The van der Waals surface area contributed by atoms with E-state index in [0.29, 0.717) is 19.2 Å². The van der Waals surface area contributed by atoms with E-state index >= 15 is 0 Å². The molecule has 166 valence electrons. The topological polar surface area (TPSA) is 61.8 Å². The Labute approximate surface area is 179 Å². The van der Waals surface area contributed by atoms with Crippen LogP contribution >= 0.6 is 0 Å². The number of rotatable bonds is 8. The molecule has 0 aliphatic heterocycles. The average Bonchev–Trinajstić information content (AvgIpc) is 2.61. The number of carbonyl (C=O) groups excluding carboxylic acids is 2. The Balaban J connectivity index is 3.26. The Morgan fingerprint density at radius 3 is 2.21 bits per heavy atom. The number of hydrogen-bond donors (Lipinski definition) is 0. The standard InChI is InChI=1S/C22H40NO5Si/c1-9-27-19(24)14-17-10-12-18(13-11-17)16(2)23(15-29,22(6,7)26-8)20(25)28-21(3,4)5/h10,12,16H,9,11,13-15H2,1-8,29H3/q+1/t16-,23?/m1/s1. The lowest BCUT2D eigenvalue weighted by Gasteiger charge is -2.50. The number of quaternary nitrogens is 1. The van der Waals surface area contributed by atoms with Crippen LogP contribution in [0.3, 0.4) is 0 Å². The number of methoxy groups -OCH3 is 1. The second-order valence-corrected chi connectivity index (χ2v) is 9.67. The Bertz CT molecular complexity index is 663. The summed E-state index contributed by atoms with van der Waals surface area (Å²) in [5.74, 6) is -0.192. The van der Waals surface area contributed by atoms with Gasteiger partial charge in [-0.15, -0.1) is 0 Å². The summed E-state index contributed by atoms with van der Waals surface area (Å²) < 4.78 is 16.8. The van der Waals surface area contributed by atoms with Crippen LogP contribution in [0, 0.1) is 0 Å². The molecule has 0 heterocycles. The summed E-state index contributed by atoms with van der Waals surface area (Å²) in [5.41, 5.74) is 0.921. The second-order valence-electron chi connectivity index (χ2n) is 9.04. The van der Waals surface area contributed by atoms with Gasteiger partial charge >= 0.3 is 12.1 Å². The Hall–Kier alpha value is -1.44. The smallest absolute Gasteiger partial charge is 0.466 e. The molecule has 1 unspecified atom stereocenters. The van der Waals surface area contributed by atoms with Crippen LogP contribution in [0.1, 0.15) is 67.7 Å². The zero-order valence-corrected chi connectivity index (χ0v) is 21.8. The van der Waals surface area contributed by atoms with Gasteiger partial charge < -0.3 is 14.2 Å². The number of amides is 1. The van der Waals surface area contributed by atoms with Crippen LogP contribution in [0.4, 0.5) is 4.79 Å². The van der Waals surface area contributed by atoms with E-state index in [1.54, 1.807) is 7.11 Å². The summed E-state index contributed by atoms with van der Waals surface area (Å²) in [6.45, 7) is 13.9. The van der Waals surface area contributed by atoms with E-state index in [1.165, 1.54) is 5.57 Å². The maximum atomic E-state index is 13.5. The van der Waals surface area contributed by atoms with Crippen molar-refractivity contribution in [3.8, 4) is 0 Å². The maximum Gasteiger partial charge on any atom is 0.519 e. The van der Waals surface area contributed by atoms with Gasteiger partial charge in [0.25, 0.3) is 0 Å². The highest BCUT2D eigenvalue weighted by Gasteiger charge is 2.56. The molecule has 29 heavy (non-hydrogen) atoms. The number of hydrogen-bond acceptors (Lipinski definition) is 5. The van der Waals surface area contributed by atoms with Gasteiger partial charge in [-0.3, -0.25) is 4.79 Å². The molecule has 1 rings (SSSR count). The first-order valence-electron chi connectivity index (χ1n) is 10.5. The first kappa shape index (κ1) is 25.6. The van der Waals surface area contributed by atoms with Gasteiger partial charge in [-0.1, -0.05) is 17.7 Å². The number of ether oxygens (including phenoxy) is 3. The van der Waals surface area contributed by atoms with Crippen molar-refractivity contribution < 1.29 is 28.3 Å². The molecule has 0 aromatic rings. The molecular weight excluding hydrogens is 386 g/mol. The van der Waals surface area contributed by atoms with E-state index in [-0.39, 0.29) is 22.6 Å². The Kier molecular flexibility index (Phi) is 8.86. The Morgan fingerprint density at radius 1 is 1.17 bits per heavy atom. The predicted octanol–water partition coefficient (Wildman–Crippen LogP) is 3.43. The third-order valence-electron chi connectivity index (χ3n) is 5.82. The lowest BCUT2D eigenvalue weighted by atomic mass is 9.90. The first-order chi connectivity index (χ1) is 13.3. The largest absolute Gasteiger partial charge is 0.519 e. The third kappa shape index (κ3) is 6.02. The van der Waals surface area contributed by atoms with E-state index in [0.717, 1.165) is 28.7 Å². The summed E-state index contributed by atoms with van der Waals surface area (Å²) in [6, 6.07) is -0.0994. The van der Waals surface area contributed by atoms with Crippen LogP contribution in [0.2, 0.25) is 0 Å². The molecule has 6 nitrogen and oxygen atoms in total. The molecule has 0 N–H and O–H groups in total. The van der Waals surface area contributed by atoms with E-state index in [1.807, 2.05) is 47.6 Å². The molecule has 1 aliphatic rings. The van der Waals surface area contributed by atoms with Crippen LogP contribution in [0.5, 0.6) is 0 Å². The minimum atomic E-state index is -0.737. The van der Waals surface area contributed by atoms with Gasteiger partial charge in [-0.25, -0.2) is 0 Å². The fourth-order valence-electron chi connectivity index (χ4n) is 4.01. The van der Waals surface area contributed by atoms with Crippen LogP contribution in [0.25, 0.3) is 0 Å². The molecule has 0 saturated carbocycles. The summed E-state index contributed by atoms with van der Waals surface area (Å²) >= 11 is 0. The van der Waals surface area contributed by atoms with E-state index < -0.39 is 11.3 Å². The molecule has 0 radical (unpaired) electrons. The number of esters is 1. The van der Waals surface area contributed by atoms with Crippen molar-refractivity contribution in [1.82, 2.24) is 0 Å². The monoisotopic (exact) mass is 426 g/mol. The van der Waals surface area contributed by atoms with Crippen LogP contribution in [-0.4, -0.2) is 64.0 Å². The molecule has 0 aromatic carbocycles.